The van der Waals surface area contributed by atoms with Gasteiger partial charge in [-0.1, -0.05) is 12.1 Å². The molecule has 4 heteroatoms. The van der Waals surface area contributed by atoms with Gasteiger partial charge < -0.3 is 5.32 Å². The van der Waals surface area contributed by atoms with E-state index in [1.54, 1.807) is 6.07 Å². The molecule has 2 aliphatic heterocycles. The molecule has 1 N–H and O–H groups in total. The van der Waals surface area contributed by atoms with Gasteiger partial charge in [0.15, 0.2) is 9.84 Å². The maximum atomic E-state index is 11.9. The minimum Gasteiger partial charge on any atom is -0.307 e. The van der Waals surface area contributed by atoms with Crippen LogP contribution in [0, 0.1) is 0 Å². The Labute approximate surface area is 102 Å². The number of nitrogens with one attached hydrogen (secondary N) is 1. The summed E-state index contributed by atoms with van der Waals surface area (Å²) in [5, 5.41) is 3.44. The Morgan fingerprint density at radius 2 is 2.12 bits per heavy atom. The van der Waals surface area contributed by atoms with Gasteiger partial charge in [0.05, 0.1) is 10.6 Å². The standard InChI is InChI=1S/C13H17NO2S/c1-9-7-12(14-9)10-4-5-13-11(8-10)3-2-6-17(13,15)16/h4-5,8-9,12,14H,2-3,6-7H2,1H3. The van der Waals surface area contributed by atoms with Crippen molar-refractivity contribution < 1.29 is 8.42 Å². The molecule has 1 fully saturated rings. The van der Waals surface area contributed by atoms with Gasteiger partial charge in [-0.2, -0.15) is 0 Å². The predicted molar refractivity (Wildman–Crippen MR) is 66.8 cm³/mol. The summed E-state index contributed by atoms with van der Waals surface area (Å²) in [7, 11) is -3.00. The maximum absolute atomic E-state index is 11.9. The Morgan fingerprint density at radius 1 is 1.35 bits per heavy atom. The second-order valence-corrected chi connectivity index (χ2v) is 7.22. The van der Waals surface area contributed by atoms with Crippen molar-refractivity contribution in [3.63, 3.8) is 0 Å². The minimum absolute atomic E-state index is 0.304. The molecule has 1 aromatic rings. The summed E-state index contributed by atoms with van der Waals surface area (Å²) in [4.78, 5) is 0.555. The van der Waals surface area contributed by atoms with Crippen LogP contribution in [-0.4, -0.2) is 20.2 Å². The average Bonchev–Trinajstić information content (AvgIpc) is 2.24. The van der Waals surface area contributed by atoms with E-state index in [1.165, 1.54) is 5.56 Å². The SMILES string of the molecule is CC1CC(c2ccc3c(c2)CCCS3(=O)=O)N1. The summed E-state index contributed by atoms with van der Waals surface area (Å²) in [6.07, 6.45) is 2.80. The fraction of sp³-hybridized carbons (Fsp3) is 0.538. The molecule has 2 aliphatic rings. The molecule has 2 atom stereocenters. The van der Waals surface area contributed by atoms with Crippen LogP contribution in [-0.2, 0) is 16.3 Å². The van der Waals surface area contributed by atoms with E-state index in [9.17, 15) is 8.42 Å². The topological polar surface area (TPSA) is 46.2 Å². The van der Waals surface area contributed by atoms with Crippen molar-refractivity contribution in [3.05, 3.63) is 29.3 Å². The van der Waals surface area contributed by atoms with E-state index < -0.39 is 9.84 Å². The quantitative estimate of drug-likeness (QED) is 0.828. The van der Waals surface area contributed by atoms with Gasteiger partial charge >= 0.3 is 0 Å². The second kappa shape index (κ2) is 3.82. The Kier molecular flexibility index (Phi) is 2.52. The lowest BCUT2D eigenvalue weighted by Gasteiger charge is -2.35. The van der Waals surface area contributed by atoms with E-state index in [-0.39, 0.29) is 0 Å². The summed E-state index contributed by atoms with van der Waals surface area (Å²) in [6.45, 7) is 2.17. The zero-order valence-electron chi connectivity index (χ0n) is 9.94. The number of benzene rings is 1. The monoisotopic (exact) mass is 251 g/mol. The first kappa shape index (κ1) is 11.2. The van der Waals surface area contributed by atoms with Gasteiger partial charge in [-0.05, 0) is 43.4 Å². The van der Waals surface area contributed by atoms with Gasteiger partial charge in [0.1, 0.15) is 0 Å². The normalized spacial score (nSPS) is 30.4. The molecule has 2 unspecified atom stereocenters. The van der Waals surface area contributed by atoms with Crippen LogP contribution in [0.3, 0.4) is 0 Å². The zero-order valence-corrected chi connectivity index (χ0v) is 10.8. The predicted octanol–water partition coefficient (Wildman–Crippen LogP) is 1.83. The molecule has 0 amide bonds. The molecular formula is C13H17NO2S. The Hall–Kier alpha value is -0.870. The Bertz CT molecular complexity index is 545. The molecule has 0 aliphatic carbocycles. The van der Waals surface area contributed by atoms with E-state index in [4.69, 9.17) is 0 Å². The fourth-order valence-corrected chi connectivity index (χ4v) is 4.36. The molecule has 0 aromatic heterocycles. The summed E-state index contributed by atoms with van der Waals surface area (Å²) >= 11 is 0. The van der Waals surface area contributed by atoms with Crippen LogP contribution in [0.5, 0.6) is 0 Å². The van der Waals surface area contributed by atoms with Gasteiger partial charge in [0, 0.05) is 12.1 Å². The zero-order chi connectivity index (χ0) is 12.0. The lowest BCUT2D eigenvalue weighted by molar-refractivity contribution is 0.287. The van der Waals surface area contributed by atoms with Gasteiger partial charge in [0.2, 0.25) is 0 Å². The molecule has 17 heavy (non-hydrogen) atoms. The molecule has 92 valence electrons. The van der Waals surface area contributed by atoms with Gasteiger partial charge in [-0.15, -0.1) is 0 Å². The highest BCUT2D eigenvalue weighted by molar-refractivity contribution is 7.91. The van der Waals surface area contributed by atoms with E-state index >= 15 is 0 Å². The van der Waals surface area contributed by atoms with Crippen molar-refractivity contribution in [2.24, 2.45) is 0 Å². The first-order chi connectivity index (χ1) is 8.06. The molecule has 1 saturated heterocycles. The van der Waals surface area contributed by atoms with Crippen molar-refractivity contribution in [2.45, 2.75) is 43.2 Å². The highest BCUT2D eigenvalue weighted by atomic mass is 32.2. The van der Waals surface area contributed by atoms with Crippen LogP contribution < -0.4 is 5.32 Å². The Balaban J connectivity index is 1.97. The summed E-state index contributed by atoms with van der Waals surface area (Å²) in [5.74, 6) is 0.304. The van der Waals surface area contributed by atoms with Crippen molar-refractivity contribution in [1.29, 1.82) is 0 Å². The molecule has 0 spiro atoms. The molecule has 3 nitrogen and oxygen atoms in total. The number of hydrogen-bond donors (Lipinski definition) is 1. The van der Waals surface area contributed by atoms with E-state index in [0.717, 1.165) is 24.8 Å². The van der Waals surface area contributed by atoms with Crippen LogP contribution >= 0.6 is 0 Å². The maximum Gasteiger partial charge on any atom is 0.178 e. The molecule has 0 bridgehead atoms. The minimum atomic E-state index is -3.00. The van der Waals surface area contributed by atoms with Crippen LogP contribution in [0.1, 0.15) is 36.9 Å². The lowest BCUT2D eigenvalue weighted by Crippen LogP contribution is -2.43. The molecule has 3 rings (SSSR count). The number of fused-ring (bicyclic) bond motifs is 1. The van der Waals surface area contributed by atoms with Gasteiger partial charge in [-0.25, -0.2) is 8.42 Å². The largest absolute Gasteiger partial charge is 0.307 e. The molecule has 0 radical (unpaired) electrons. The smallest absolute Gasteiger partial charge is 0.178 e. The third-order valence-electron chi connectivity index (χ3n) is 3.76. The highest BCUT2D eigenvalue weighted by Gasteiger charge is 2.28. The van der Waals surface area contributed by atoms with Gasteiger partial charge in [-0.3, -0.25) is 0 Å². The Morgan fingerprint density at radius 3 is 2.82 bits per heavy atom. The van der Waals surface area contributed by atoms with E-state index in [0.29, 0.717) is 22.7 Å². The fourth-order valence-electron chi connectivity index (χ4n) is 2.78. The second-order valence-electron chi connectivity index (χ2n) is 5.15. The third-order valence-corrected chi connectivity index (χ3v) is 5.65. The number of rotatable bonds is 1. The van der Waals surface area contributed by atoms with Crippen molar-refractivity contribution in [2.75, 3.05) is 5.75 Å². The van der Waals surface area contributed by atoms with E-state index in [1.807, 2.05) is 6.07 Å². The highest BCUT2D eigenvalue weighted by Crippen LogP contribution is 2.32. The number of hydrogen-bond acceptors (Lipinski definition) is 3. The van der Waals surface area contributed by atoms with Crippen LogP contribution in [0.4, 0.5) is 0 Å². The molecule has 2 heterocycles. The van der Waals surface area contributed by atoms with Crippen molar-refractivity contribution in [3.8, 4) is 0 Å². The van der Waals surface area contributed by atoms with Gasteiger partial charge in [0.25, 0.3) is 0 Å². The van der Waals surface area contributed by atoms with Crippen LogP contribution in [0.25, 0.3) is 0 Å². The van der Waals surface area contributed by atoms with Crippen molar-refractivity contribution >= 4 is 9.84 Å². The summed E-state index contributed by atoms with van der Waals surface area (Å²) in [5.41, 5.74) is 2.24. The van der Waals surface area contributed by atoms with Crippen LogP contribution in [0.2, 0.25) is 0 Å². The molecular weight excluding hydrogens is 234 g/mol. The number of sulfone groups is 1. The van der Waals surface area contributed by atoms with Crippen molar-refractivity contribution in [1.82, 2.24) is 5.32 Å². The molecule has 1 aromatic carbocycles. The first-order valence-corrected chi connectivity index (χ1v) is 7.83. The lowest BCUT2D eigenvalue weighted by atomic mass is 9.90. The molecule has 0 saturated carbocycles. The first-order valence-electron chi connectivity index (χ1n) is 6.18. The van der Waals surface area contributed by atoms with Crippen LogP contribution in [0.15, 0.2) is 23.1 Å². The number of aryl methyl sites for hydroxylation is 1. The summed E-state index contributed by atoms with van der Waals surface area (Å²) < 4.78 is 23.7. The summed E-state index contributed by atoms with van der Waals surface area (Å²) in [6, 6.07) is 6.84. The van der Waals surface area contributed by atoms with E-state index in [2.05, 4.69) is 18.3 Å². The third kappa shape index (κ3) is 1.89. The average molecular weight is 251 g/mol.